The van der Waals surface area contributed by atoms with Crippen molar-refractivity contribution in [3.05, 3.63) is 46.6 Å². The molecule has 0 fully saturated rings. The minimum atomic E-state index is 0.0102. The highest BCUT2D eigenvalue weighted by molar-refractivity contribution is 7.19. The number of nitrogens with two attached hydrogens (primary N) is 1. The Morgan fingerprint density at radius 3 is 3.08 bits per heavy atom. The van der Waals surface area contributed by atoms with Gasteiger partial charge in [-0.05, 0) is 30.2 Å². The maximum Gasteiger partial charge on any atom is 0.254 e. The molecule has 1 aliphatic heterocycles. The van der Waals surface area contributed by atoms with Crippen molar-refractivity contribution in [3.63, 3.8) is 0 Å². The molecule has 0 radical (unpaired) electrons. The van der Waals surface area contributed by atoms with Crippen molar-refractivity contribution in [3.8, 4) is 5.75 Å². The van der Waals surface area contributed by atoms with E-state index in [1.165, 1.54) is 11.9 Å². The average molecular weight is 340 g/mol. The van der Waals surface area contributed by atoms with Gasteiger partial charge in [0.05, 0.1) is 19.0 Å². The summed E-state index contributed by atoms with van der Waals surface area (Å²) in [6.45, 7) is 1.23. The number of amides is 1. The van der Waals surface area contributed by atoms with Gasteiger partial charge in [0.25, 0.3) is 5.91 Å². The molecule has 0 saturated heterocycles. The van der Waals surface area contributed by atoms with Crippen molar-refractivity contribution >= 4 is 33.3 Å². The molecule has 122 valence electrons. The van der Waals surface area contributed by atoms with Gasteiger partial charge in [-0.15, -0.1) is 11.3 Å². The summed E-state index contributed by atoms with van der Waals surface area (Å²) in [6.07, 6.45) is 2.25. The van der Waals surface area contributed by atoms with Crippen LogP contribution in [0.3, 0.4) is 0 Å². The summed E-state index contributed by atoms with van der Waals surface area (Å²) >= 11 is 1.59. The van der Waals surface area contributed by atoms with Crippen LogP contribution in [0.15, 0.2) is 30.6 Å². The quantitative estimate of drug-likeness (QED) is 0.775. The first-order chi connectivity index (χ1) is 11.7. The monoisotopic (exact) mass is 340 g/mol. The summed E-state index contributed by atoms with van der Waals surface area (Å²) in [5, 5.41) is 0.950. The molecule has 0 saturated carbocycles. The summed E-state index contributed by atoms with van der Waals surface area (Å²) in [5.41, 5.74) is 7.82. The number of hydrogen-bond acceptors (Lipinski definition) is 6. The van der Waals surface area contributed by atoms with Crippen LogP contribution in [0.4, 0.5) is 5.82 Å². The molecule has 1 aromatic carbocycles. The van der Waals surface area contributed by atoms with E-state index in [-0.39, 0.29) is 5.91 Å². The number of nitrogens with zero attached hydrogens (tertiary/aromatic N) is 3. The van der Waals surface area contributed by atoms with Gasteiger partial charge in [0.2, 0.25) is 0 Å². The van der Waals surface area contributed by atoms with Gasteiger partial charge in [-0.2, -0.15) is 0 Å². The second-order valence-electron chi connectivity index (χ2n) is 5.65. The van der Waals surface area contributed by atoms with Crippen molar-refractivity contribution in [1.29, 1.82) is 0 Å². The summed E-state index contributed by atoms with van der Waals surface area (Å²) in [5.74, 6) is 1.21. The second kappa shape index (κ2) is 5.76. The van der Waals surface area contributed by atoms with Crippen LogP contribution >= 0.6 is 11.3 Å². The van der Waals surface area contributed by atoms with E-state index >= 15 is 0 Å². The molecule has 4 rings (SSSR count). The first-order valence-corrected chi connectivity index (χ1v) is 8.43. The van der Waals surface area contributed by atoms with Crippen molar-refractivity contribution in [2.75, 3.05) is 19.4 Å². The Labute approximate surface area is 142 Å². The normalized spacial score (nSPS) is 13.8. The van der Waals surface area contributed by atoms with Crippen molar-refractivity contribution < 1.29 is 9.53 Å². The highest BCUT2D eigenvalue weighted by Gasteiger charge is 2.26. The zero-order chi connectivity index (χ0) is 16.7. The highest BCUT2D eigenvalue weighted by atomic mass is 32.1. The number of rotatable bonds is 2. The molecule has 0 atom stereocenters. The molecule has 1 amide bonds. The van der Waals surface area contributed by atoms with Crippen LogP contribution in [0.2, 0.25) is 0 Å². The number of methoxy groups -OCH3 is 1. The Balaban J connectivity index is 1.65. The van der Waals surface area contributed by atoms with Gasteiger partial charge < -0.3 is 15.4 Å². The predicted octanol–water partition coefficient (Wildman–Crippen LogP) is 2.48. The number of fused-ring (bicyclic) bond motifs is 3. The van der Waals surface area contributed by atoms with E-state index in [1.54, 1.807) is 24.5 Å². The number of anilines is 1. The first kappa shape index (κ1) is 14.9. The number of carbonyl (C=O) groups excluding carboxylic acids is 1. The van der Waals surface area contributed by atoms with Crippen LogP contribution in [0, 0.1) is 0 Å². The molecule has 0 spiro atoms. The van der Waals surface area contributed by atoms with Gasteiger partial charge in [-0.3, -0.25) is 4.79 Å². The predicted molar refractivity (Wildman–Crippen MR) is 93.3 cm³/mol. The third-order valence-corrected chi connectivity index (χ3v) is 5.39. The fourth-order valence-electron chi connectivity index (χ4n) is 3.06. The van der Waals surface area contributed by atoms with E-state index in [1.807, 2.05) is 23.1 Å². The number of aromatic nitrogens is 2. The standard InChI is InChI=1S/C17H16N4O2S/c1-23-11-4-2-3-10(7-11)17(22)21-6-5-12-13(8-21)24-16-14(12)15(18)19-9-20-16/h2-4,7,9H,5-6,8H2,1H3,(H2,18,19,20). The lowest BCUT2D eigenvalue weighted by Crippen LogP contribution is -2.35. The van der Waals surface area contributed by atoms with Gasteiger partial charge in [0.1, 0.15) is 22.7 Å². The molecule has 3 heterocycles. The van der Waals surface area contributed by atoms with Gasteiger partial charge in [0, 0.05) is 17.0 Å². The Morgan fingerprint density at radius 2 is 2.25 bits per heavy atom. The number of nitrogen functional groups attached to an aromatic ring is 1. The van der Waals surface area contributed by atoms with E-state index in [4.69, 9.17) is 10.5 Å². The Hall–Kier alpha value is -2.67. The first-order valence-electron chi connectivity index (χ1n) is 7.61. The molecule has 3 aromatic rings. The molecule has 0 unspecified atom stereocenters. The van der Waals surface area contributed by atoms with Crippen LogP contribution in [0.5, 0.6) is 5.75 Å². The molecule has 6 nitrogen and oxygen atoms in total. The van der Waals surface area contributed by atoms with Crippen molar-refractivity contribution in [2.45, 2.75) is 13.0 Å². The largest absolute Gasteiger partial charge is 0.497 e. The number of benzene rings is 1. The smallest absolute Gasteiger partial charge is 0.254 e. The Kier molecular flexibility index (Phi) is 3.57. The maximum absolute atomic E-state index is 12.8. The second-order valence-corrected chi connectivity index (χ2v) is 6.74. The Morgan fingerprint density at radius 1 is 1.38 bits per heavy atom. The van der Waals surface area contributed by atoms with Crippen molar-refractivity contribution in [2.24, 2.45) is 0 Å². The minimum absolute atomic E-state index is 0.0102. The maximum atomic E-state index is 12.8. The summed E-state index contributed by atoms with van der Waals surface area (Å²) < 4.78 is 5.20. The minimum Gasteiger partial charge on any atom is -0.497 e. The summed E-state index contributed by atoms with van der Waals surface area (Å²) in [4.78, 5) is 25.1. The summed E-state index contributed by atoms with van der Waals surface area (Å²) in [7, 11) is 1.60. The number of thiophene rings is 1. The van der Waals surface area contributed by atoms with Crippen LogP contribution in [0.1, 0.15) is 20.8 Å². The van der Waals surface area contributed by atoms with Gasteiger partial charge in [-0.25, -0.2) is 9.97 Å². The van der Waals surface area contributed by atoms with Gasteiger partial charge in [0.15, 0.2) is 0 Å². The van der Waals surface area contributed by atoms with Crippen molar-refractivity contribution in [1.82, 2.24) is 14.9 Å². The third-order valence-electron chi connectivity index (χ3n) is 4.27. The number of ether oxygens (including phenoxy) is 1. The van der Waals surface area contributed by atoms with Crippen LogP contribution in [-0.4, -0.2) is 34.4 Å². The highest BCUT2D eigenvalue weighted by Crippen LogP contribution is 2.36. The molecule has 0 bridgehead atoms. The van der Waals surface area contributed by atoms with E-state index in [9.17, 15) is 4.79 Å². The summed E-state index contributed by atoms with van der Waals surface area (Å²) in [6, 6.07) is 7.25. The fraction of sp³-hybridized carbons (Fsp3) is 0.235. The molecule has 2 aromatic heterocycles. The molecular formula is C17H16N4O2S. The van der Waals surface area contributed by atoms with Crippen LogP contribution < -0.4 is 10.5 Å². The number of carbonyl (C=O) groups is 1. The fourth-order valence-corrected chi connectivity index (χ4v) is 4.28. The lowest BCUT2D eigenvalue weighted by molar-refractivity contribution is 0.0737. The van der Waals surface area contributed by atoms with Gasteiger partial charge in [-0.1, -0.05) is 6.07 Å². The molecule has 0 aliphatic carbocycles. The lowest BCUT2D eigenvalue weighted by Gasteiger charge is -2.27. The number of hydrogen-bond donors (Lipinski definition) is 1. The lowest BCUT2D eigenvalue weighted by atomic mass is 10.0. The van der Waals surface area contributed by atoms with E-state index < -0.39 is 0 Å². The molecular weight excluding hydrogens is 324 g/mol. The Bertz CT molecular complexity index is 937. The van der Waals surface area contributed by atoms with E-state index in [0.717, 1.165) is 21.5 Å². The SMILES string of the molecule is COc1cccc(C(=O)N2CCc3c(sc4ncnc(N)c34)C2)c1. The topological polar surface area (TPSA) is 81.3 Å². The van der Waals surface area contributed by atoms with Crippen LogP contribution in [0.25, 0.3) is 10.2 Å². The zero-order valence-corrected chi connectivity index (χ0v) is 14.0. The molecule has 2 N–H and O–H groups in total. The van der Waals surface area contributed by atoms with E-state index in [0.29, 0.717) is 30.2 Å². The molecule has 24 heavy (non-hydrogen) atoms. The zero-order valence-electron chi connectivity index (χ0n) is 13.2. The van der Waals surface area contributed by atoms with E-state index in [2.05, 4.69) is 9.97 Å². The third kappa shape index (κ3) is 2.37. The van der Waals surface area contributed by atoms with Crippen LogP contribution in [-0.2, 0) is 13.0 Å². The molecule has 1 aliphatic rings. The molecule has 7 heteroatoms. The van der Waals surface area contributed by atoms with Gasteiger partial charge >= 0.3 is 0 Å². The average Bonchev–Trinajstić information content (AvgIpc) is 3.00.